The third kappa shape index (κ3) is 3.56. The zero-order valence-corrected chi connectivity index (χ0v) is 13.5. The molecule has 1 saturated heterocycles. The second-order valence-electron chi connectivity index (χ2n) is 4.92. The molecule has 1 aliphatic rings. The summed E-state index contributed by atoms with van der Waals surface area (Å²) in [4.78, 5) is 12.3. The standard InChI is InChI=1S/C14H17BrN4S/c15-11-8-13(20-10-11)9-18-12-2-6-19(7-3-12)14-16-4-1-5-17-14/h1,4-5,8,10,12,18H,2-3,6-7,9H2. The summed E-state index contributed by atoms with van der Waals surface area (Å²) in [6, 6.07) is 4.64. The molecule has 106 valence electrons. The van der Waals surface area contributed by atoms with E-state index in [1.54, 1.807) is 23.7 Å². The number of nitrogens with zero attached hydrogens (tertiary/aromatic N) is 3. The Morgan fingerprint density at radius 3 is 2.70 bits per heavy atom. The molecule has 3 rings (SSSR count). The van der Waals surface area contributed by atoms with Crippen LogP contribution in [-0.2, 0) is 6.54 Å². The molecular weight excluding hydrogens is 336 g/mol. The Labute approximate surface area is 131 Å². The van der Waals surface area contributed by atoms with Gasteiger partial charge in [0.25, 0.3) is 0 Å². The van der Waals surface area contributed by atoms with Gasteiger partial charge in [0.15, 0.2) is 0 Å². The smallest absolute Gasteiger partial charge is 0.225 e. The second kappa shape index (κ2) is 6.65. The fourth-order valence-corrected chi connectivity index (χ4v) is 3.83. The molecule has 0 saturated carbocycles. The van der Waals surface area contributed by atoms with Crippen LogP contribution in [0, 0.1) is 0 Å². The number of nitrogens with one attached hydrogen (secondary N) is 1. The highest BCUT2D eigenvalue weighted by atomic mass is 79.9. The summed E-state index contributed by atoms with van der Waals surface area (Å²) in [7, 11) is 0. The molecule has 2 aromatic rings. The predicted octanol–water partition coefficient (Wildman–Crippen LogP) is 3.06. The van der Waals surface area contributed by atoms with E-state index in [-0.39, 0.29) is 0 Å². The lowest BCUT2D eigenvalue weighted by atomic mass is 10.1. The molecular formula is C14H17BrN4S. The molecule has 0 radical (unpaired) electrons. The molecule has 2 aromatic heterocycles. The highest BCUT2D eigenvalue weighted by molar-refractivity contribution is 9.10. The second-order valence-corrected chi connectivity index (χ2v) is 6.83. The molecule has 6 heteroatoms. The maximum absolute atomic E-state index is 4.31. The third-order valence-corrected chi connectivity index (χ3v) is 5.21. The fraction of sp³-hybridized carbons (Fsp3) is 0.429. The predicted molar refractivity (Wildman–Crippen MR) is 86.1 cm³/mol. The first-order valence-corrected chi connectivity index (χ1v) is 8.47. The summed E-state index contributed by atoms with van der Waals surface area (Å²) >= 11 is 5.29. The highest BCUT2D eigenvalue weighted by Crippen LogP contribution is 2.20. The maximum Gasteiger partial charge on any atom is 0.225 e. The van der Waals surface area contributed by atoms with Crippen LogP contribution < -0.4 is 10.2 Å². The summed E-state index contributed by atoms with van der Waals surface area (Å²) in [5, 5.41) is 5.78. The van der Waals surface area contributed by atoms with Crippen LogP contribution in [0.1, 0.15) is 17.7 Å². The zero-order valence-electron chi connectivity index (χ0n) is 11.1. The van der Waals surface area contributed by atoms with Gasteiger partial charge in [0, 0.05) is 52.8 Å². The number of halogens is 1. The lowest BCUT2D eigenvalue weighted by Gasteiger charge is -2.32. The first-order chi connectivity index (χ1) is 9.81. The Kier molecular flexibility index (Phi) is 4.65. The maximum atomic E-state index is 4.31. The van der Waals surface area contributed by atoms with Crippen LogP contribution in [0.25, 0.3) is 0 Å². The lowest BCUT2D eigenvalue weighted by molar-refractivity contribution is 0.412. The highest BCUT2D eigenvalue weighted by Gasteiger charge is 2.20. The molecule has 0 unspecified atom stereocenters. The zero-order chi connectivity index (χ0) is 13.8. The molecule has 0 spiro atoms. The van der Waals surface area contributed by atoms with E-state index in [4.69, 9.17) is 0 Å². The van der Waals surface area contributed by atoms with Gasteiger partial charge in [-0.2, -0.15) is 0 Å². The number of hydrogen-bond acceptors (Lipinski definition) is 5. The summed E-state index contributed by atoms with van der Waals surface area (Å²) in [5.41, 5.74) is 0. The minimum absolute atomic E-state index is 0.593. The molecule has 20 heavy (non-hydrogen) atoms. The average molecular weight is 353 g/mol. The van der Waals surface area contributed by atoms with Crippen molar-refractivity contribution in [1.82, 2.24) is 15.3 Å². The normalized spacial score (nSPS) is 16.6. The molecule has 1 aliphatic heterocycles. The molecule has 0 aliphatic carbocycles. The number of piperidine rings is 1. The van der Waals surface area contributed by atoms with Crippen molar-refractivity contribution in [2.75, 3.05) is 18.0 Å². The van der Waals surface area contributed by atoms with Crippen molar-refractivity contribution < 1.29 is 0 Å². The van der Waals surface area contributed by atoms with Gasteiger partial charge in [0.2, 0.25) is 5.95 Å². The lowest BCUT2D eigenvalue weighted by Crippen LogP contribution is -2.42. The van der Waals surface area contributed by atoms with Crippen LogP contribution in [0.2, 0.25) is 0 Å². The Balaban J connectivity index is 1.47. The van der Waals surface area contributed by atoms with Gasteiger partial charge < -0.3 is 10.2 Å². The van der Waals surface area contributed by atoms with Gasteiger partial charge in [-0.05, 0) is 40.9 Å². The number of rotatable bonds is 4. The van der Waals surface area contributed by atoms with Crippen molar-refractivity contribution in [2.24, 2.45) is 0 Å². The van der Waals surface area contributed by atoms with Gasteiger partial charge in [0.05, 0.1) is 0 Å². The van der Waals surface area contributed by atoms with Crippen LogP contribution in [0.15, 0.2) is 34.4 Å². The molecule has 0 bridgehead atoms. The minimum atomic E-state index is 0.593. The van der Waals surface area contributed by atoms with Crippen LogP contribution >= 0.6 is 27.3 Å². The Morgan fingerprint density at radius 1 is 1.30 bits per heavy atom. The Bertz CT molecular complexity index is 537. The van der Waals surface area contributed by atoms with Crippen molar-refractivity contribution in [3.05, 3.63) is 39.3 Å². The van der Waals surface area contributed by atoms with Crippen LogP contribution in [-0.4, -0.2) is 29.1 Å². The van der Waals surface area contributed by atoms with Crippen LogP contribution in [0.5, 0.6) is 0 Å². The Morgan fingerprint density at radius 2 is 2.05 bits per heavy atom. The Hall–Kier alpha value is -0.980. The topological polar surface area (TPSA) is 41.0 Å². The van der Waals surface area contributed by atoms with Crippen molar-refractivity contribution >= 4 is 33.2 Å². The van der Waals surface area contributed by atoms with Crippen molar-refractivity contribution in [3.63, 3.8) is 0 Å². The summed E-state index contributed by atoms with van der Waals surface area (Å²) in [6.45, 7) is 3.01. The van der Waals surface area contributed by atoms with E-state index >= 15 is 0 Å². The van der Waals surface area contributed by atoms with E-state index in [2.05, 4.69) is 47.6 Å². The molecule has 3 heterocycles. The number of aromatic nitrogens is 2. The average Bonchev–Trinajstić information content (AvgIpc) is 2.92. The van der Waals surface area contributed by atoms with Crippen molar-refractivity contribution in [2.45, 2.75) is 25.4 Å². The van der Waals surface area contributed by atoms with Gasteiger partial charge in [0.1, 0.15) is 0 Å². The number of thiophene rings is 1. The van der Waals surface area contributed by atoms with E-state index in [1.807, 2.05) is 6.07 Å². The van der Waals surface area contributed by atoms with Gasteiger partial charge in [-0.15, -0.1) is 11.3 Å². The molecule has 1 fully saturated rings. The van der Waals surface area contributed by atoms with Crippen LogP contribution in [0.4, 0.5) is 5.95 Å². The van der Waals surface area contributed by atoms with Gasteiger partial charge in [-0.3, -0.25) is 0 Å². The van der Waals surface area contributed by atoms with Gasteiger partial charge in [-0.1, -0.05) is 0 Å². The molecule has 1 N–H and O–H groups in total. The first-order valence-electron chi connectivity index (χ1n) is 6.79. The summed E-state index contributed by atoms with van der Waals surface area (Å²) in [5.74, 6) is 0.855. The first kappa shape index (κ1) is 14.0. The number of anilines is 1. The van der Waals surface area contributed by atoms with Crippen molar-refractivity contribution in [3.8, 4) is 0 Å². The SMILES string of the molecule is Brc1csc(CNC2CCN(c3ncccn3)CC2)c1. The molecule has 0 aromatic carbocycles. The minimum Gasteiger partial charge on any atom is -0.341 e. The van der Waals surface area contributed by atoms with Crippen molar-refractivity contribution in [1.29, 1.82) is 0 Å². The van der Waals surface area contributed by atoms with E-state index in [0.717, 1.165) is 38.4 Å². The van der Waals surface area contributed by atoms with E-state index in [9.17, 15) is 0 Å². The van der Waals surface area contributed by atoms with E-state index in [1.165, 1.54) is 9.35 Å². The molecule has 0 atom stereocenters. The molecule has 4 nitrogen and oxygen atoms in total. The summed E-state index contributed by atoms with van der Waals surface area (Å²) in [6.07, 6.45) is 5.90. The van der Waals surface area contributed by atoms with Crippen LogP contribution in [0.3, 0.4) is 0 Å². The monoisotopic (exact) mass is 352 g/mol. The van der Waals surface area contributed by atoms with Gasteiger partial charge >= 0.3 is 0 Å². The molecule has 0 amide bonds. The largest absolute Gasteiger partial charge is 0.341 e. The fourth-order valence-electron chi connectivity index (χ4n) is 2.43. The number of hydrogen-bond donors (Lipinski definition) is 1. The third-order valence-electron chi connectivity index (χ3n) is 3.52. The van der Waals surface area contributed by atoms with E-state index in [0.29, 0.717) is 6.04 Å². The summed E-state index contributed by atoms with van der Waals surface area (Å²) < 4.78 is 1.18. The van der Waals surface area contributed by atoms with E-state index < -0.39 is 0 Å². The quantitative estimate of drug-likeness (QED) is 0.917. The van der Waals surface area contributed by atoms with Gasteiger partial charge in [-0.25, -0.2) is 9.97 Å².